The second-order valence-corrected chi connectivity index (χ2v) is 4.62. The Balaban J connectivity index is 2.58. The van der Waals surface area contributed by atoms with Crippen molar-refractivity contribution in [3.8, 4) is 0 Å². The van der Waals surface area contributed by atoms with Crippen LogP contribution in [0, 0.1) is 0 Å². The molecule has 1 rings (SSSR count). The highest BCUT2D eigenvalue weighted by Gasteiger charge is 2.28. The van der Waals surface area contributed by atoms with E-state index in [-0.39, 0.29) is 0 Å². The largest absolute Gasteiger partial charge is 0.298 e. The minimum absolute atomic E-state index is 0.699. The van der Waals surface area contributed by atoms with E-state index in [1.54, 1.807) is 0 Å². The number of rotatable bonds is 2. The van der Waals surface area contributed by atoms with Gasteiger partial charge in [-0.25, -0.2) is 0 Å². The number of piperazine rings is 1. The van der Waals surface area contributed by atoms with Crippen molar-refractivity contribution in [2.45, 2.75) is 52.2 Å². The topological polar surface area (TPSA) is 6.48 Å². The van der Waals surface area contributed by atoms with Crippen LogP contribution in [0.5, 0.6) is 0 Å². The van der Waals surface area contributed by atoms with Crippen LogP contribution in [0.3, 0.4) is 0 Å². The van der Waals surface area contributed by atoms with Crippen LogP contribution in [0.4, 0.5) is 0 Å². The number of likely N-dealkylation sites (N-methyl/N-ethyl adjacent to an activating group) is 1. The van der Waals surface area contributed by atoms with Gasteiger partial charge in [-0.1, -0.05) is 6.92 Å². The Morgan fingerprint density at radius 3 is 2.38 bits per heavy atom. The Morgan fingerprint density at radius 2 is 1.92 bits per heavy atom. The maximum atomic E-state index is 2.60. The van der Waals surface area contributed by atoms with E-state index in [9.17, 15) is 0 Å². The molecular formula is C11H24N2. The zero-order chi connectivity index (χ0) is 10.0. The van der Waals surface area contributed by atoms with Gasteiger partial charge in [0, 0.05) is 31.2 Å². The van der Waals surface area contributed by atoms with Crippen molar-refractivity contribution in [3.05, 3.63) is 0 Å². The Hall–Kier alpha value is -0.0800. The average Bonchev–Trinajstić information content (AvgIpc) is 2.09. The molecule has 0 aromatic rings. The molecule has 0 aliphatic carbocycles. The summed E-state index contributed by atoms with van der Waals surface area (Å²) in [6.45, 7) is 11.7. The van der Waals surface area contributed by atoms with Gasteiger partial charge in [0.1, 0.15) is 0 Å². The predicted octanol–water partition coefficient (Wildman–Crippen LogP) is 1.81. The van der Waals surface area contributed by atoms with E-state index >= 15 is 0 Å². The molecule has 0 saturated carbocycles. The van der Waals surface area contributed by atoms with Crippen molar-refractivity contribution < 1.29 is 0 Å². The SMILES string of the molecule is CCC1CN(C(C)C)CC(C)N1C. The van der Waals surface area contributed by atoms with Crippen molar-refractivity contribution >= 4 is 0 Å². The van der Waals surface area contributed by atoms with Crippen molar-refractivity contribution in [2.75, 3.05) is 20.1 Å². The first kappa shape index (κ1) is 11.0. The summed E-state index contributed by atoms with van der Waals surface area (Å²) in [5.41, 5.74) is 0. The lowest BCUT2D eigenvalue weighted by molar-refractivity contribution is 0.0331. The van der Waals surface area contributed by atoms with Crippen LogP contribution in [0.15, 0.2) is 0 Å². The van der Waals surface area contributed by atoms with Crippen LogP contribution >= 0.6 is 0 Å². The van der Waals surface area contributed by atoms with E-state index in [1.165, 1.54) is 19.5 Å². The third-order valence-corrected chi connectivity index (χ3v) is 3.42. The monoisotopic (exact) mass is 184 g/mol. The molecule has 0 amide bonds. The first-order valence-electron chi connectivity index (χ1n) is 5.52. The predicted molar refractivity (Wildman–Crippen MR) is 58.0 cm³/mol. The molecule has 0 radical (unpaired) electrons. The Kier molecular flexibility index (Phi) is 3.74. The van der Waals surface area contributed by atoms with Crippen molar-refractivity contribution in [2.24, 2.45) is 0 Å². The zero-order valence-corrected chi connectivity index (χ0v) is 9.75. The van der Waals surface area contributed by atoms with Crippen molar-refractivity contribution in [1.29, 1.82) is 0 Å². The van der Waals surface area contributed by atoms with Gasteiger partial charge in [-0.2, -0.15) is 0 Å². The lowest BCUT2D eigenvalue weighted by Gasteiger charge is -2.45. The van der Waals surface area contributed by atoms with Crippen molar-refractivity contribution in [3.63, 3.8) is 0 Å². The fourth-order valence-electron chi connectivity index (χ4n) is 2.14. The average molecular weight is 184 g/mol. The second kappa shape index (κ2) is 4.43. The van der Waals surface area contributed by atoms with E-state index in [4.69, 9.17) is 0 Å². The molecule has 1 aliphatic rings. The van der Waals surface area contributed by atoms with Crippen LogP contribution < -0.4 is 0 Å². The summed E-state index contributed by atoms with van der Waals surface area (Å²) in [5, 5.41) is 0. The summed E-state index contributed by atoms with van der Waals surface area (Å²) >= 11 is 0. The fourth-order valence-corrected chi connectivity index (χ4v) is 2.14. The first-order chi connectivity index (χ1) is 6.06. The summed E-state index contributed by atoms with van der Waals surface area (Å²) in [5.74, 6) is 0. The molecule has 0 N–H and O–H groups in total. The number of nitrogens with zero attached hydrogens (tertiary/aromatic N) is 2. The number of hydrogen-bond donors (Lipinski definition) is 0. The molecule has 1 heterocycles. The van der Waals surface area contributed by atoms with Gasteiger partial charge in [0.15, 0.2) is 0 Å². The second-order valence-electron chi connectivity index (χ2n) is 4.62. The molecule has 0 aromatic carbocycles. The van der Waals surface area contributed by atoms with Crippen LogP contribution in [0.2, 0.25) is 0 Å². The van der Waals surface area contributed by atoms with Gasteiger partial charge in [-0.05, 0) is 34.2 Å². The third-order valence-electron chi connectivity index (χ3n) is 3.42. The molecule has 1 saturated heterocycles. The molecule has 0 bridgehead atoms. The van der Waals surface area contributed by atoms with Gasteiger partial charge in [0.25, 0.3) is 0 Å². The summed E-state index contributed by atoms with van der Waals surface area (Å²) in [6.07, 6.45) is 1.27. The summed E-state index contributed by atoms with van der Waals surface area (Å²) in [7, 11) is 2.26. The molecule has 1 aliphatic heterocycles. The molecule has 1 fully saturated rings. The molecule has 78 valence electrons. The molecule has 2 heteroatoms. The molecule has 2 unspecified atom stereocenters. The lowest BCUT2D eigenvalue weighted by atomic mass is 10.0. The summed E-state index contributed by atoms with van der Waals surface area (Å²) in [6, 6.07) is 2.16. The van der Waals surface area contributed by atoms with Gasteiger partial charge in [-0.15, -0.1) is 0 Å². The minimum Gasteiger partial charge on any atom is -0.298 e. The smallest absolute Gasteiger partial charge is 0.0220 e. The van der Waals surface area contributed by atoms with Gasteiger partial charge < -0.3 is 0 Å². The molecule has 0 aromatic heterocycles. The van der Waals surface area contributed by atoms with Crippen LogP contribution in [-0.4, -0.2) is 48.1 Å². The standard InChI is InChI=1S/C11H24N2/c1-6-11-8-13(9(2)3)7-10(4)12(11)5/h9-11H,6-8H2,1-5H3. The summed E-state index contributed by atoms with van der Waals surface area (Å²) in [4.78, 5) is 5.12. The van der Waals surface area contributed by atoms with Gasteiger partial charge in [0.05, 0.1) is 0 Å². The lowest BCUT2D eigenvalue weighted by Crippen LogP contribution is -2.57. The highest BCUT2D eigenvalue weighted by Crippen LogP contribution is 2.17. The Morgan fingerprint density at radius 1 is 1.31 bits per heavy atom. The molecule has 2 nitrogen and oxygen atoms in total. The maximum absolute atomic E-state index is 2.60. The maximum Gasteiger partial charge on any atom is 0.0220 e. The molecular weight excluding hydrogens is 160 g/mol. The van der Waals surface area contributed by atoms with E-state index in [0.717, 1.165) is 6.04 Å². The van der Waals surface area contributed by atoms with Crippen LogP contribution in [-0.2, 0) is 0 Å². The highest BCUT2D eigenvalue weighted by molar-refractivity contribution is 4.85. The van der Waals surface area contributed by atoms with Crippen molar-refractivity contribution in [1.82, 2.24) is 9.80 Å². The van der Waals surface area contributed by atoms with E-state index in [0.29, 0.717) is 12.1 Å². The summed E-state index contributed by atoms with van der Waals surface area (Å²) < 4.78 is 0. The Labute approximate surface area is 82.9 Å². The fraction of sp³-hybridized carbons (Fsp3) is 1.00. The van der Waals surface area contributed by atoms with Gasteiger partial charge >= 0.3 is 0 Å². The first-order valence-corrected chi connectivity index (χ1v) is 5.52. The van der Waals surface area contributed by atoms with E-state index in [1.807, 2.05) is 0 Å². The van der Waals surface area contributed by atoms with Gasteiger partial charge in [0.2, 0.25) is 0 Å². The molecule has 2 atom stereocenters. The normalized spacial score (nSPS) is 32.8. The molecule has 13 heavy (non-hydrogen) atoms. The van der Waals surface area contributed by atoms with E-state index < -0.39 is 0 Å². The minimum atomic E-state index is 0.699. The highest BCUT2D eigenvalue weighted by atomic mass is 15.3. The third kappa shape index (κ3) is 2.44. The number of hydrogen-bond acceptors (Lipinski definition) is 2. The van der Waals surface area contributed by atoms with Gasteiger partial charge in [-0.3, -0.25) is 9.80 Å². The van der Waals surface area contributed by atoms with E-state index in [2.05, 4.69) is 44.5 Å². The molecule has 0 spiro atoms. The zero-order valence-electron chi connectivity index (χ0n) is 9.75. The van der Waals surface area contributed by atoms with Crippen LogP contribution in [0.25, 0.3) is 0 Å². The van der Waals surface area contributed by atoms with Crippen LogP contribution in [0.1, 0.15) is 34.1 Å². The quantitative estimate of drug-likeness (QED) is 0.646. The Bertz CT molecular complexity index is 156.